The molecule has 2 heterocycles. The molecule has 1 unspecified atom stereocenters. The smallest absolute Gasteiger partial charge is 0.254 e. The maximum absolute atomic E-state index is 13.8. The lowest BCUT2D eigenvalue weighted by molar-refractivity contribution is -0.134. The number of unbranched alkanes of at least 4 members (excludes halogenated alkanes) is 2. The van der Waals surface area contributed by atoms with Crippen molar-refractivity contribution in [1.29, 1.82) is 0 Å². The largest absolute Gasteiger partial charge is 0.383 e. The number of halogens is 2. The van der Waals surface area contributed by atoms with Crippen LogP contribution >= 0.6 is 34.5 Å². The van der Waals surface area contributed by atoms with Gasteiger partial charge in [-0.1, -0.05) is 61.2 Å². The van der Waals surface area contributed by atoms with E-state index in [-0.39, 0.29) is 24.4 Å². The number of hydrogen-bond donors (Lipinski definition) is 0. The zero-order valence-electron chi connectivity index (χ0n) is 21.9. The van der Waals surface area contributed by atoms with Crippen molar-refractivity contribution in [2.45, 2.75) is 45.1 Å². The Morgan fingerprint density at radius 3 is 2.58 bits per heavy atom. The molecule has 1 aliphatic heterocycles. The molecule has 2 amide bonds. The highest BCUT2D eigenvalue weighted by atomic mass is 35.5. The molecular weight excluding hydrogens is 539 g/mol. The minimum atomic E-state index is -0.330. The summed E-state index contributed by atoms with van der Waals surface area (Å²) in [6, 6.07) is 14.9. The fourth-order valence-electron chi connectivity index (χ4n) is 4.93. The van der Waals surface area contributed by atoms with Crippen LogP contribution < -0.4 is 0 Å². The van der Waals surface area contributed by atoms with Crippen LogP contribution in [0, 0.1) is 0 Å². The minimum absolute atomic E-state index is 0.0401. The van der Waals surface area contributed by atoms with E-state index in [0.29, 0.717) is 35.3 Å². The van der Waals surface area contributed by atoms with Gasteiger partial charge in [0.15, 0.2) is 0 Å². The number of hydrogen-bond acceptors (Lipinski definition) is 4. The summed E-state index contributed by atoms with van der Waals surface area (Å²) in [5.74, 6) is -0.302. The number of amides is 2. The first kappa shape index (κ1) is 28.6. The summed E-state index contributed by atoms with van der Waals surface area (Å²) in [7, 11) is 1.59. The second-order valence-electron chi connectivity index (χ2n) is 9.58. The molecule has 0 saturated carbocycles. The lowest BCUT2D eigenvalue weighted by atomic mass is 9.93. The van der Waals surface area contributed by atoms with E-state index in [2.05, 4.69) is 18.4 Å². The van der Waals surface area contributed by atoms with Gasteiger partial charge in [-0.3, -0.25) is 9.59 Å². The summed E-state index contributed by atoms with van der Waals surface area (Å²) in [6.07, 6.45) is 5.28. The Bertz CT molecular complexity index is 1240. The molecule has 5 nitrogen and oxygen atoms in total. The molecule has 38 heavy (non-hydrogen) atoms. The zero-order chi connectivity index (χ0) is 27.1. The first-order valence-electron chi connectivity index (χ1n) is 13.1. The SMILES string of the molecule is CCCCCc1ccc(C(=O)N(CCOC)CC(=O)N2CCc3sccc3C2c2ccc(Cl)cc2Cl)cc1. The van der Waals surface area contributed by atoms with Gasteiger partial charge in [0.25, 0.3) is 5.91 Å². The molecule has 0 spiro atoms. The molecule has 0 radical (unpaired) electrons. The Balaban J connectivity index is 1.55. The van der Waals surface area contributed by atoms with Gasteiger partial charge in [-0.05, 0) is 71.7 Å². The van der Waals surface area contributed by atoms with Crippen LogP contribution in [-0.4, -0.2) is 55.0 Å². The van der Waals surface area contributed by atoms with E-state index in [1.807, 2.05) is 35.2 Å². The second-order valence-corrected chi connectivity index (χ2v) is 11.4. The molecule has 2 aromatic carbocycles. The van der Waals surface area contributed by atoms with Crippen LogP contribution in [0.3, 0.4) is 0 Å². The van der Waals surface area contributed by atoms with Crippen LogP contribution in [0.5, 0.6) is 0 Å². The Morgan fingerprint density at radius 1 is 1.08 bits per heavy atom. The number of ether oxygens (including phenoxy) is 1. The number of fused-ring (bicyclic) bond motifs is 1. The van der Waals surface area contributed by atoms with E-state index >= 15 is 0 Å². The lowest BCUT2D eigenvalue weighted by Crippen LogP contribution is -2.47. The number of carbonyl (C=O) groups is 2. The third-order valence-corrected chi connectivity index (χ3v) is 8.55. The van der Waals surface area contributed by atoms with Crippen LogP contribution in [0.15, 0.2) is 53.9 Å². The van der Waals surface area contributed by atoms with Gasteiger partial charge in [0.05, 0.1) is 12.6 Å². The van der Waals surface area contributed by atoms with Crippen molar-refractivity contribution >= 4 is 46.4 Å². The number of benzene rings is 2. The fourth-order valence-corrected chi connectivity index (χ4v) is 6.34. The Kier molecular flexibility index (Phi) is 10.3. The van der Waals surface area contributed by atoms with Gasteiger partial charge >= 0.3 is 0 Å². The van der Waals surface area contributed by atoms with E-state index in [9.17, 15) is 9.59 Å². The van der Waals surface area contributed by atoms with Gasteiger partial charge < -0.3 is 14.5 Å². The molecule has 0 bridgehead atoms. The number of rotatable bonds is 11. The topological polar surface area (TPSA) is 49.9 Å². The highest BCUT2D eigenvalue weighted by molar-refractivity contribution is 7.10. The normalized spacial score (nSPS) is 14.8. The van der Waals surface area contributed by atoms with Crippen LogP contribution in [0.4, 0.5) is 0 Å². The fraction of sp³-hybridized carbons (Fsp3) is 0.400. The number of carbonyl (C=O) groups excluding carboxylic acids is 2. The predicted molar refractivity (Wildman–Crippen MR) is 155 cm³/mol. The summed E-state index contributed by atoms with van der Waals surface area (Å²) < 4.78 is 5.27. The van der Waals surface area contributed by atoms with E-state index in [1.165, 1.54) is 23.3 Å². The van der Waals surface area contributed by atoms with E-state index < -0.39 is 0 Å². The maximum atomic E-state index is 13.8. The number of thiophene rings is 1. The Morgan fingerprint density at radius 2 is 1.87 bits per heavy atom. The zero-order valence-corrected chi connectivity index (χ0v) is 24.2. The van der Waals surface area contributed by atoms with E-state index in [0.717, 1.165) is 30.4 Å². The monoisotopic (exact) mass is 572 g/mol. The first-order valence-corrected chi connectivity index (χ1v) is 14.7. The quantitative estimate of drug-likeness (QED) is 0.231. The van der Waals surface area contributed by atoms with Crippen LogP contribution in [0.2, 0.25) is 10.0 Å². The first-order chi connectivity index (χ1) is 18.4. The van der Waals surface area contributed by atoms with Gasteiger partial charge in [0.2, 0.25) is 5.91 Å². The minimum Gasteiger partial charge on any atom is -0.383 e. The number of aryl methyl sites for hydroxylation is 1. The van der Waals surface area contributed by atoms with Gasteiger partial charge in [-0.15, -0.1) is 11.3 Å². The van der Waals surface area contributed by atoms with Crippen molar-refractivity contribution in [3.8, 4) is 0 Å². The summed E-state index contributed by atoms with van der Waals surface area (Å²) in [6.45, 7) is 3.36. The molecule has 3 aromatic rings. The molecule has 0 N–H and O–H groups in total. The summed E-state index contributed by atoms with van der Waals surface area (Å²) in [4.78, 5) is 32.0. The van der Waals surface area contributed by atoms with Crippen LogP contribution in [0.25, 0.3) is 0 Å². The van der Waals surface area contributed by atoms with Crippen molar-refractivity contribution < 1.29 is 14.3 Å². The summed E-state index contributed by atoms with van der Waals surface area (Å²) in [5, 5.41) is 3.12. The molecule has 8 heteroatoms. The Hall–Kier alpha value is -2.38. The highest BCUT2D eigenvalue weighted by Crippen LogP contribution is 2.41. The van der Waals surface area contributed by atoms with Crippen LogP contribution in [0.1, 0.15) is 64.2 Å². The van der Waals surface area contributed by atoms with Gasteiger partial charge in [0.1, 0.15) is 6.54 Å². The number of methoxy groups -OCH3 is 1. The molecule has 4 rings (SSSR count). The molecule has 0 saturated heterocycles. The molecule has 1 aromatic heterocycles. The van der Waals surface area contributed by atoms with E-state index in [1.54, 1.807) is 35.5 Å². The molecule has 0 fully saturated rings. The lowest BCUT2D eigenvalue weighted by Gasteiger charge is -2.38. The third-order valence-electron chi connectivity index (χ3n) is 6.99. The molecule has 1 aliphatic rings. The van der Waals surface area contributed by atoms with Gasteiger partial charge in [-0.25, -0.2) is 0 Å². The van der Waals surface area contributed by atoms with Crippen molar-refractivity contribution in [3.63, 3.8) is 0 Å². The average molecular weight is 574 g/mol. The summed E-state index contributed by atoms with van der Waals surface area (Å²) in [5.41, 5.74) is 3.70. The van der Waals surface area contributed by atoms with Crippen molar-refractivity contribution in [2.24, 2.45) is 0 Å². The van der Waals surface area contributed by atoms with Crippen molar-refractivity contribution in [2.75, 3.05) is 33.4 Å². The predicted octanol–water partition coefficient (Wildman–Crippen LogP) is 7.05. The van der Waals surface area contributed by atoms with Crippen molar-refractivity contribution in [1.82, 2.24) is 9.80 Å². The van der Waals surface area contributed by atoms with Crippen LogP contribution in [-0.2, 0) is 22.4 Å². The standard InChI is InChI=1S/C30H34Cl2N2O3S/c1-3-4-5-6-21-7-9-22(10-8-21)30(36)33(16-17-37-2)20-28(35)34-15-13-27-25(14-18-38-27)29(34)24-12-11-23(31)19-26(24)32/h7-12,14,18-19,29H,3-6,13,15-17,20H2,1-2H3. The maximum Gasteiger partial charge on any atom is 0.254 e. The van der Waals surface area contributed by atoms with E-state index in [4.69, 9.17) is 27.9 Å². The average Bonchev–Trinajstić information content (AvgIpc) is 3.40. The highest BCUT2D eigenvalue weighted by Gasteiger charge is 2.35. The number of nitrogens with zero attached hydrogens (tertiary/aromatic N) is 2. The molecule has 1 atom stereocenters. The molecular formula is C30H34Cl2N2O3S. The van der Waals surface area contributed by atoms with Gasteiger partial charge in [0, 0.05) is 40.7 Å². The Labute approximate surface area is 239 Å². The third kappa shape index (κ3) is 6.78. The van der Waals surface area contributed by atoms with Crippen molar-refractivity contribution in [3.05, 3.63) is 91.1 Å². The van der Waals surface area contributed by atoms with Gasteiger partial charge in [-0.2, -0.15) is 0 Å². The second kappa shape index (κ2) is 13.6. The summed E-state index contributed by atoms with van der Waals surface area (Å²) >= 11 is 14.5. The molecule has 0 aliphatic carbocycles. The molecule has 202 valence electrons.